The minimum atomic E-state index is 0.180. The van der Waals surface area contributed by atoms with Crippen LogP contribution in [0.5, 0.6) is 0 Å². The number of allylic oxidation sites excluding steroid dienone is 1. The van der Waals surface area contributed by atoms with Crippen molar-refractivity contribution in [2.75, 3.05) is 20.1 Å². The highest BCUT2D eigenvalue weighted by molar-refractivity contribution is 5.78. The molecule has 1 aliphatic rings. The standard InChI is InChI=1S/C12H22N2O/c1-13-8-5-9-14-12(15)10-11-6-3-2-4-7-11/h6,13H,2-5,7-10H2,1H3,(H,14,15). The van der Waals surface area contributed by atoms with Crippen LogP contribution in [-0.4, -0.2) is 26.0 Å². The fourth-order valence-electron chi connectivity index (χ4n) is 1.83. The van der Waals surface area contributed by atoms with E-state index in [2.05, 4.69) is 16.7 Å². The maximum Gasteiger partial charge on any atom is 0.224 e. The molecule has 0 unspecified atom stereocenters. The molecule has 0 radical (unpaired) electrons. The highest BCUT2D eigenvalue weighted by atomic mass is 16.1. The zero-order valence-corrected chi connectivity index (χ0v) is 9.64. The second kappa shape index (κ2) is 7.46. The maximum atomic E-state index is 11.5. The van der Waals surface area contributed by atoms with Crippen LogP contribution in [0.1, 0.15) is 38.5 Å². The second-order valence-electron chi connectivity index (χ2n) is 4.09. The van der Waals surface area contributed by atoms with Gasteiger partial charge < -0.3 is 10.6 Å². The average molecular weight is 210 g/mol. The van der Waals surface area contributed by atoms with Crippen LogP contribution in [0.15, 0.2) is 11.6 Å². The number of nitrogens with one attached hydrogen (secondary N) is 2. The van der Waals surface area contributed by atoms with E-state index in [1.807, 2.05) is 7.05 Å². The Morgan fingerprint density at radius 3 is 2.93 bits per heavy atom. The Hall–Kier alpha value is -0.830. The second-order valence-corrected chi connectivity index (χ2v) is 4.09. The van der Waals surface area contributed by atoms with E-state index < -0.39 is 0 Å². The van der Waals surface area contributed by atoms with Crippen LogP contribution in [0, 0.1) is 0 Å². The van der Waals surface area contributed by atoms with Gasteiger partial charge in [-0.2, -0.15) is 0 Å². The molecule has 86 valence electrons. The summed E-state index contributed by atoms with van der Waals surface area (Å²) in [6.07, 6.45) is 8.65. The third-order valence-corrected chi connectivity index (χ3v) is 2.70. The molecule has 15 heavy (non-hydrogen) atoms. The topological polar surface area (TPSA) is 41.1 Å². The molecular weight excluding hydrogens is 188 g/mol. The molecular formula is C12H22N2O. The molecule has 0 saturated heterocycles. The van der Waals surface area contributed by atoms with E-state index in [1.54, 1.807) is 0 Å². The van der Waals surface area contributed by atoms with Gasteiger partial charge in [0, 0.05) is 13.0 Å². The van der Waals surface area contributed by atoms with E-state index in [9.17, 15) is 4.79 Å². The van der Waals surface area contributed by atoms with Crippen molar-refractivity contribution in [3.05, 3.63) is 11.6 Å². The molecule has 0 heterocycles. The molecule has 1 amide bonds. The molecule has 0 aromatic rings. The molecule has 0 saturated carbocycles. The third-order valence-electron chi connectivity index (χ3n) is 2.70. The molecule has 0 aromatic heterocycles. The quantitative estimate of drug-likeness (QED) is 0.516. The van der Waals surface area contributed by atoms with Crippen molar-refractivity contribution in [1.29, 1.82) is 0 Å². The Morgan fingerprint density at radius 1 is 1.40 bits per heavy atom. The van der Waals surface area contributed by atoms with Gasteiger partial charge in [0.25, 0.3) is 0 Å². The van der Waals surface area contributed by atoms with E-state index in [4.69, 9.17) is 0 Å². The summed E-state index contributed by atoms with van der Waals surface area (Å²) in [6.45, 7) is 1.75. The monoisotopic (exact) mass is 210 g/mol. The molecule has 3 heteroatoms. The minimum absolute atomic E-state index is 0.180. The number of carbonyl (C=O) groups is 1. The Bertz CT molecular complexity index is 224. The molecule has 0 atom stereocenters. The molecule has 1 rings (SSSR count). The fourth-order valence-corrected chi connectivity index (χ4v) is 1.83. The van der Waals surface area contributed by atoms with Crippen LogP contribution in [0.4, 0.5) is 0 Å². The molecule has 0 bridgehead atoms. The number of rotatable bonds is 6. The maximum absolute atomic E-state index is 11.5. The van der Waals surface area contributed by atoms with E-state index in [-0.39, 0.29) is 5.91 Å². The molecule has 0 aromatic carbocycles. The number of carbonyl (C=O) groups excluding carboxylic acids is 1. The van der Waals surface area contributed by atoms with Crippen molar-refractivity contribution >= 4 is 5.91 Å². The summed E-state index contributed by atoms with van der Waals surface area (Å²) in [6, 6.07) is 0. The summed E-state index contributed by atoms with van der Waals surface area (Å²) >= 11 is 0. The van der Waals surface area contributed by atoms with Gasteiger partial charge in [-0.15, -0.1) is 0 Å². The van der Waals surface area contributed by atoms with Gasteiger partial charge in [-0.1, -0.05) is 11.6 Å². The lowest BCUT2D eigenvalue weighted by Gasteiger charge is -2.12. The summed E-state index contributed by atoms with van der Waals surface area (Å²) in [5.41, 5.74) is 1.33. The van der Waals surface area contributed by atoms with Crippen LogP contribution in [0.3, 0.4) is 0 Å². The molecule has 0 fully saturated rings. The third kappa shape index (κ3) is 5.57. The summed E-state index contributed by atoms with van der Waals surface area (Å²) in [5, 5.41) is 6.01. The van der Waals surface area contributed by atoms with Crippen molar-refractivity contribution in [3.8, 4) is 0 Å². The summed E-state index contributed by atoms with van der Waals surface area (Å²) < 4.78 is 0. The van der Waals surface area contributed by atoms with Gasteiger partial charge in [-0.3, -0.25) is 4.79 Å². The lowest BCUT2D eigenvalue weighted by molar-refractivity contribution is -0.120. The van der Waals surface area contributed by atoms with Gasteiger partial charge in [0.2, 0.25) is 5.91 Å². The van der Waals surface area contributed by atoms with Crippen LogP contribution >= 0.6 is 0 Å². The summed E-state index contributed by atoms with van der Waals surface area (Å²) in [5.74, 6) is 0.180. The zero-order chi connectivity index (χ0) is 10.9. The first kappa shape index (κ1) is 12.2. The van der Waals surface area contributed by atoms with Crippen molar-refractivity contribution in [2.45, 2.75) is 38.5 Å². The van der Waals surface area contributed by atoms with Gasteiger partial charge in [0.05, 0.1) is 0 Å². The van der Waals surface area contributed by atoms with Crippen molar-refractivity contribution in [1.82, 2.24) is 10.6 Å². The van der Waals surface area contributed by atoms with E-state index in [0.29, 0.717) is 6.42 Å². The van der Waals surface area contributed by atoms with Crippen LogP contribution in [0.2, 0.25) is 0 Å². The lowest BCUT2D eigenvalue weighted by atomic mass is 9.97. The summed E-state index contributed by atoms with van der Waals surface area (Å²) in [4.78, 5) is 11.5. The fraction of sp³-hybridized carbons (Fsp3) is 0.750. The van der Waals surface area contributed by atoms with Gasteiger partial charge in [0.15, 0.2) is 0 Å². The molecule has 1 aliphatic carbocycles. The first-order valence-electron chi connectivity index (χ1n) is 5.92. The van der Waals surface area contributed by atoms with Gasteiger partial charge in [-0.25, -0.2) is 0 Å². The van der Waals surface area contributed by atoms with Crippen molar-refractivity contribution in [2.24, 2.45) is 0 Å². The Balaban J connectivity index is 2.09. The van der Waals surface area contributed by atoms with Crippen LogP contribution in [0.25, 0.3) is 0 Å². The molecule has 3 nitrogen and oxygen atoms in total. The number of amides is 1. The smallest absolute Gasteiger partial charge is 0.224 e. The number of hydrogen-bond donors (Lipinski definition) is 2. The van der Waals surface area contributed by atoms with Crippen molar-refractivity contribution in [3.63, 3.8) is 0 Å². The molecule has 0 spiro atoms. The van der Waals surface area contributed by atoms with Gasteiger partial charge in [-0.05, 0) is 45.7 Å². The highest BCUT2D eigenvalue weighted by Crippen LogP contribution is 2.19. The highest BCUT2D eigenvalue weighted by Gasteiger charge is 2.08. The largest absolute Gasteiger partial charge is 0.356 e. The average Bonchev–Trinajstić information content (AvgIpc) is 2.26. The van der Waals surface area contributed by atoms with E-state index in [0.717, 1.165) is 32.4 Å². The molecule has 2 N–H and O–H groups in total. The molecule has 0 aliphatic heterocycles. The van der Waals surface area contributed by atoms with Crippen LogP contribution < -0.4 is 10.6 Å². The Morgan fingerprint density at radius 2 is 2.27 bits per heavy atom. The van der Waals surface area contributed by atoms with Gasteiger partial charge >= 0.3 is 0 Å². The van der Waals surface area contributed by atoms with E-state index >= 15 is 0 Å². The SMILES string of the molecule is CNCCCNC(=O)CC1=CCCCC1. The first-order valence-corrected chi connectivity index (χ1v) is 5.92. The summed E-state index contributed by atoms with van der Waals surface area (Å²) in [7, 11) is 1.93. The Labute approximate surface area is 92.3 Å². The van der Waals surface area contributed by atoms with Gasteiger partial charge in [0.1, 0.15) is 0 Å². The lowest BCUT2D eigenvalue weighted by Crippen LogP contribution is -2.26. The van der Waals surface area contributed by atoms with Crippen LogP contribution in [-0.2, 0) is 4.79 Å². The number of hydrogen-bond acceptors (Lipinski definition) is 2. The predicted octanol–water partition coefficient (Wildman–Crippen LogP) is 1.60. The predicted molar refractivity (Wildman–Crippen MR) is 62.7 cm³/mol. The van der Waals surface area contributed by atoms with Crippen molar-refractivity contribution < 1.29 is 4.79 Å². The van der Waals surface area contributed by atoms with E-state index in [1.165, 1.54) is 18.4 Å². The zero-order valence-electron chi connectivity index (χ0n) is 9.64. The normalized spacial score (nSPS) is 15.9. The first-order chi connectivity index (χ1) is 7.33. The minimum Gasteiger partial charge on any atom is -0.356 e. The Kier molecular flexibility index (Phi) is 6.09.